The summed E-state index contributed by atoms with van der Waals surface area (Å²) in [4.78, 5) is 50.1. The summed E-state index contributed by atoms with van der Waals surface area (Å²) in [6.45, 7) is 8.54. The first-order chi connectivity index (χ1) is 15.0. The quantitative estimate of drug-likeness (QED) is 0.490. The zero-order chi connectivity index (χ0) is 23.7. The number of carbonyl (C=O) groups is 4. The van der Waals surface area contributed by atoms with E-state index >= 15 is 0 Å². The maximum atomic E-state index is 13.5. The second-order valence-corrected chi connectivity index (χ2v) is 7.97. The molecule has 1 aromatic carbocycles. The molecule has 1 aliphatic heterocycles. The van der Waals surface area contributed by atoms with Crippen LogP contribution in [0.1, 0.15) is 50.5 Å². The van der Waals surface area contributed by atoms with E-state index in [2.05, 4.69) is 22.5 Å². The Hall–Kier alpha value is -3.75. The van der Waals surface area contributed by atoms with Gasteiger partial charge in [0, 0.05) is 43.0 Å². The van der Waals surface area contributed by atoms with Crippen LogP contribution in [0.15, 0.2) is 30.5 Å². The highest BCUT2D eigenvalue weighted by Gasteiger charge is 2.31. The Bertz CT molecular complexity index is 1150. The van der Waals surface area contributed by atoms with E-state index in [9.17, 15) is 23.6 Å². The first kappa shape index (κ1) is 22.9. The highest BCUT2D eigenvalue weighted by molar-refractivity contribution is 6.43. The Balaban J connectivity index is 1.83. The molecule has 1 saturated heterocycles. The molecule has 2 aromatic rings. The van der Waals surface area contributed by atoms with Crippen molar-refractivity contribution in [2.75, 3.05) is 5.32 Å². The maximum absolute atomic E-state index is 13.5. The summed E-state index contributed by atoms with van der Waals surface area (Å²) < 4.78 is 15.0. The van der Waals surface area contributed by atoms with Gasteiger partial charge in [0.2, 0.25) is 5.91 Å². The van der Waals surface area contributed by atoms with Crippen molar-refractivity contribution in [1.29, 1.82) is 0 Å². The number of carbonyl (C=O) groups excluding carboxylic acids is 4. The van der Waals surface area contributed by atoms with E-state index in [0.717, 1.165) is 0 Å². The molecule has 1 aliphatic rings. The molecule has 8 nitrogen and oxygen atoms in total. The second-order valence-electron chi connectivity index (χ2n) is 7.97. The first-order valence-corrected chi connectivity index (χ1v) is 10.1. The number of amides is 3. The molecule has 1 unspecified atom stereocenters. The van der Waals surface area contributed by atoms with Crippen LogP contribution in [-0.4, -0.2) is 34.1 Å². The van der Waals surface area contributed by atoms with Crippen LogP contribution in [0, 0.1) is 26.6 Å². The molecule has 3 N–H and O–H groups in total. The number of aromatic nitrogens is 1. The fourth-order valence-electron chi connectivity index (χ4n) is 3.90. The van der Waals surface area contributed by atoms with Crippen molar-refractivity contribution < 1.29 is 23.6 Å². The van der Waals surface area contributed by atoms with Gasteiger partial charge in [-0.05, 0) is 50.1 Å². The van der Waals surface area contributed by atoms with Gasteiger partial charge in [0.15, 0.2) is 0 Å². The number of nitrogens with one attached hydrogen (secondary N) is 3. The highest BCUT2D eigenvalue weighted by atomic mass is 19.1. The Morgan fingerprint density at radius 1 is 1.19 bits per heavy atom. The molecular formula is C23H25FN4O4. The van der Waals surface area contributed by atoms with Crippen molar-refractivity contribution in [2.24, 2.45) is 7.05 Å². The SMILES string of the molecule is C=C1CC(NC(=O)C(=O)c2c(C)c(C(=O)Nc3ccc(F)c(C)c3)c(C)n2C)CC(=O)N1. The lowest BCUT2D eigenvalue weighted by Crippen LogP contribution is -2.46. The monoisotopic (exact) mass is 440 g/mol. The molecule has 168 valence electrons. The van der Waals surface area contributed by atoms with Gasteiger partial charge in [0.1, 0.15) is 5.82 Å². The number of benzene rings is 1. The summed E-state index contributed by atoms with van der Waals surface area (Å²) in [6, 6.07) is 3.68. The number of rotatable bonds is 5. The lowest BCUT2D eigenvalue weighted by Gasteiger charge is -2.24. The molecule has 1 aromatic heterocycles. The number of aryl methyl sites for hydroxylation is 1. The van der Waals surface area contributed by atoms with Gasteiger partial charge in [-0.25, -0.2) is 4.39 Å². The van der Waals surface area contributed by atoms with Crippen LogP contribution in [0.5, 0.6) is 0 Å². The minimum absolute atomic E-state index is 0.0495. The third-order valence-corrected chi connectivity index (χ3v) is 5.57. The summed E-state index contributed by atoms with van der Waals surface area (Å²) in [6.07, 6.45) is 0.384. The second kappa shape index (κ2) is 8.78. The van der Waals surface area contributed by atoms with E-state index in [1.807, 2.05) is 0 Å². The van der Waals surface area contributed by atoms with E-state index in [4.69, 9.17) is 0 Å². The normalized spacial score (nSPS) is 15.8. The fraction of sp³-hybridized carbons (Fsp3) is 0.304. The lowest BCUT2D eigenvalue weighted by molar-refractivity contribution is -0.122. The fourth-order valence-corrected chi connectivity index (χ4v) is 3.90. The molecule has 0 radical (unpaired) electrons. The average molecular weight is 440 g/mol. The Morgan fingerprint density at radius 2 is 1.88 bits per heavy atom. The Kier molecular flexibility index (Phi) is 6.29. The predicted octanol–water partition coefficient (Wildman–Crippen LogP) is 2.43. The van der Waals surface area contributed by atoms with Crippen LogP contribution in [0.3, 0.4) is 0 Å². The first-order valence-electron chi connectivity index (χ1n) is 10.1. The van der Waals surface area contributed by atoms with E-state index in [1.54, 1.807) is 27.8 Å². The summed E-state index contributed by atoms with van der Waals surface area (Å²) in [5, 5.41) is 7.86. The van der Waals surface area contributed by atoms with Crippen LogP contribution in [0.25, 0.3) is 0 Å². The number of hydrogen-bond donors (Lipinski definition) is 3. The van der Waals surface area contributed by atoms with E-state index in [-0.39, 0.29) is 29.4 Å². The molecule has 32 heavy (non-hydrogen) atoms. The van der Waals surface area contributed by atoms with Crippen molar-refractivity contribution in [3.05, 3.63) is 64.4 Å². The zero-order valence-corrected chi connectivity index (χ0v) is 18.4. The van der Waals surface area contributed by atoms with Gasteiger partial charge in [-0.15, -0.1) is 0 Å². The molecule has 3 rings (SSSR count). The third-order valence-electron chi connectivity index (χ3n) is 5.57. The van der Waals surface area contributed by atoms with Crippen LogP contribution in [0.4, 0.5) is 10.1 Å². The molecule has 0 aliphatic carbocycles. The summed E-state index contributed by atoms with van der Waals surface area (Å²) >= 11 is 0. The summed E-state index contributed by atoms with van der Waals surface area (Å²) in [5.74, 6) is -2.79. The zero-order valence-electron chi connectivity index (χ0n) is 18.4. The van der Waals surface area contributed by atoms with E-state index in [1.165, 1.54) is 22.8 Å². The number of halogens is 1. The molecule has 0 bridgehead atoms. The lowest BCUT2D eigenvalue weighted by atomic mass is 10.0. The van der Waals surface area contributed by atoms with Crippen LogP contribution in [-0.2, 0) is 16.6 Å². The minimum Gasteiger partial charge on any atom is -0.345 e. The van der Waals surface area contributed by atoms with Crippen molar-refractivity contribution in [1.82, 2.24) is 15.2 Å². The van der Waals surface area contributed by atoms with Gasteiger partial charge in [-0.3, -0.25) is 19.2 Å². The number of hydrogen-bond acceptors (Lipinski definition) is 4. The summed E-state index contributed by atoms with van der Waals surface area (Å²) in [5.41, 5.74) is 2.47. The number of Topliss-reactive ketones (excluding diaryl/α,β-unsaturated/α-hetero) is 1. The number of piperidine rings is 1. The molecule has 2 heterocycles. The number of nitrogens with zero attached hydrogens (tertiary/aromatic N) is 1. The predicted molar refractivity (Wildman–Crippen MR) is 117 cm³/mol. The van der Waals surface area contributed by atoms with Gasteiger partial charge >= 0.3 is 0 Å². The van der Waals surface area contributed by atoms with Gasteiger partial charge in [0.25, 0.3) is 17.6 Å². The molecule has 0 spiro atoms. The maximum Gasteiger partial charge on any atom is 0.294 e. The highest BCUT2D eigenvalue weighted by Crippen LogP contribution is 2.24. The molecular weight excluding hydrogens is 415 g/mol. The van der Waals surface area contributed by atoms with Gasteiger partial charge in [-0.1, -0.05) is 6.58 Å². The molecule has 0 saturated carbocycles. The third kappa shape index (κ3) is 4.46. The molecule has 1 fully saturated rings. The Labute approximate surface area is 184 Å². The van der Waals surface area contributed by atoms with Gasteiger partial charge in [-0.2, -0.15) is 0 Å². The summed E-state index contributed by atoms with van der Waals surface area (Å²) in [7, 11) is 1.59. The molecule has 3 amide bonds. The average Bonchev–Trinajstić information content (AvgIpc) is 2.92. The van der Waals surface area contributed by atoms with Crippen molar-refractivity contribution in [3.8, 4) is 0 Å². The van der Waals surface area contributed by atoms with Crippen LogP contribution < -0.4 is 16.0 Å². The minimum atomic E-state index is -0.859. The van der Waals surface area contributed by atoms with Crippen molar-refractivity contribution in [3.63, 3.8) is 0 Å². The van der Waals surface area contributed by atoms with Crippen molar-refractivity contribution in [2.45, 2.75) is 39.7 Å². The van der Waals surface area contributed by atoms with E-state index in [0.29, 0.717) is 34.6 Å². The molecule has 1 atom stereocenters. The number of anilines is 1. The molecule has 9 heteroatoms. The Morgan fingerprint density at radius 3 is 2.50 bits per heavy atom. The smallest absolute Gasteiger partial charge is 0.294 e. The standard InChI is InChI=1S/C23H25FN4O4/c1-11-8-15(6-7-17(11)24)26-22(31)19-13(3)20(28(5)14(19)4)21(30)23(32)27-16-9-12(2)25-18(29)10-16/h6-8,16H,2,9-10H2,1,3-5H3,(H,25,29)(H,26,31)(H,27,32). The van der Waals surface area contributed by atoms with E-state index < -0.39 is 23.6 Å². The van der Waals surface area contributed by atoms with Crippen molar-refractivity contribution >= 4 is 29.2 Å². The topological polar surface area (TPSA) is 109 Å². The van der Waals surface area contributed by atoms with Crippen LogP contribution >= 0.6 is 0 Å². The largest absolute Gasteiger partial charge is 0.345 e. The van der Waals surface area contributed by atoms with Gasteiger partial charge in [0.05, 0.1) is 11.3 Å². The van der Waals surface area contributed by atoms with Crippen LogP contribution in [0.2, 0.25) is 0 Å². The number of ketones is 1. The van der Waals surface area contributed by atoms with Gasteiger partial charge < -0.3 is 20.5 Å².